The maximum Gasteiger partial charge on any atom is 0.164 e. The number of aromatic nitrogens is 3. The van der Waals surface area contributed by atoms with Crippen molar-refractivity contribution in [3.63, 3.8) is 0 Å². The zero-order chi connectivity index (χ0) is 38.4. The van der Waals surface area contributed by atoms with Crippen LogP contribution in [0.4, 0.5) is 0 Å². The molecule has 228 valence electrons. The van der Waals surface area contributed by atoms with E-state index in [9.17, 15) is 2.74 Å². The summed E-state index contributed by atoms with van der Waals surface area (Å²) in [7, 11) is 0. The molecule has 0 amide bonds. The summed E-state index contributed by atoms with van der Waals surface area (Å²) in [6.45, 7) is 0. The molecular formula is C45H27N3O. The van der Waals surface area contributed by atoms with E-state index in [1.807, 2.05) is 97.1 Å². The van der Waals surface area contributed by atoms with E-state index in [-0.39, 0.29) is 47.7 Å². The van der Waals surface area contributed by atoms with Gasteiger partial charge in [-0.2, -0.15) is 0 Å². The minimum atomic E-state index is -0.146. The molecule has 10 rings (SSSR count). The summed E-state index contributed by atoms with van der Waals surface area (Å²) in [5.41, 5.74) is 4.45. The predicted molar refractivity (Wildman–Crippen MR) is 201 cm³/mol. The van der Waals surface area contributed by atoms with Crippen LogP contribution < -0.4 is 0 Å². The van der Waals surface area contributed by atoms with Gasteiger partial charge in [-0.3, -0.25) is 0 Å². The molecule has 0 saturated heterocycles. The van der Waals surface area contributed by atoms with Crippen molar-refractivity contribution in [3.05, 3.63) is 164 Å². The Kier molecular flexibility index (Phi) is 4.76. The molecule has 0 fully saturated rings. The molecule has 4 heteroatoms. The minimum Gasteiger partial charge on any atom is -0.456 e. The fourth-order valence-electron chi connectivity index (χ4n) is 6.67. The van der Waals surface area contributed by atoms with Gasteiger partial charge in [0.25, 0.3) is 0 Å². The first-order chi connectivity index (χ1) is 27.2. The smallest absolute Gasteiger partial charge is 0.164 e. The van der Waals surface area contributed by atoms with Crippen molar-refractivity contribution in [2.75, 3.05) is 0 Å². The molecule has 2 aromatic heterocycles. The monoisotopic (exact) mass is 632 g/mol. The SMILES string of the molecule is [2H]c1cc2c(cc1[2H])c1c([2H])c([2H])cc([2H])c1c1c([2H])c(-c3cccc4oc5cc(-c6nc(-c7ccccc7)nc(-c7ccccc7)n6)ccc5c34)c([2H])cc21. The van der Waals surface area contributed by atoms with E-state index in [2.05, 4.69) is 0 Å². The summed E-state index contributed by atoms with van der Waals surface area (Å²) in [4.78, 5) is 14.6. The maximum atomic E-state index is 9.71. The van der Waals surface area contributed by atoms with Gasteiger partial charge in [-0.25, -0.2) is 15.0 Å². The first-order valence-corrected chi connectivity index (χ1v) is 15.9. The van der Waals surface area contributed by atoms with E-state index in [0.29, 0.717) is 77.6 Å². The molecular weight excluding hydrogens is 599 g/mol. The summed E-state index contributed by atoms with van der Waals surface area (Å²) < 4.78 is 68.5. The van der Waals surface area contributed by atoms with Crippen molar-refractivity contribution < 1.29 is 14.0 Å². The lowest BCUT2D eigenvalue weighted by Crippen LogP contribution is -2.00. The third kappa shape index (κ3) is 4.49. The third-order valence-corrected chi connectivity index (χ3v) is 8.96. The average molecular weight is 633 g/mol. The summed E-state index contributed by atoms with van der Waals surface area (Å²) in [5, 5.41) is 3.80. The van der Waals surface area contributed by atoms with Gasteiger partial charge in [-0.05, 0) is 67.7 Å². The van der Waals surface area contributed by atoms with Crippen molar-refractivity contribution in [2.45, 2.75) is 0 Å². The van der Waals surface area contributed by atoms with Crippen LogP contribution in [0.5, 0.6) is 0 Å². The molecule has 0 atom stereocenters. The highest BCUT2D eigenvalue weighted by atomic mass is 16.3. The second-order valence-corrected chi connectivity index (χ2v) is 11.8. The molecule has 10 aromatic rings. The number of hydrogen-bond donors (Lipinski definition) is 0. The van der Waals surface area contributed by atoms with Crippen LogP contribution in [-0.4, -0.2) is 15.0 Å². The lowest BCUT2D eigenvalue weighted by atomic mass is 9.91. The molecule has 2 heterocycles. The van der Waals surface area contributed by atoms with Crippen LogP contribution >= 0.6 is 0 Å². The van der Waals surface area contributed by atoms with Crippen LogP contribution in [-0.2, 0) is 0 Å². The average Bonchev–Trinajstić information content (AvgIpc) is 3.59. The largest absolute Gasteiger partial charge is 0.456 e. The summed E-state index contributed by atoms with van der Waals surface area (Å²) >= 11 is 0. The van der Waals surface area contributed by atoms with Crippen LogP contribution in [0.15, 0.2) is 168 Å². The molecule has 0 radical (unpaired) electrons. The number of furan rings is 1. The van der Waals surface area contributed by atoms with E-state index in [4.69, 9.17) is 26.2 Å². The van der Waals surface area contributed by atoms with Gasteiger partial charge in [-0.15, -0.1) is 0 Å². The minimum absolute atomic E-state index is 0.0166. The predicted octanol–water partition coefficient (Wildman–Crippen LogP) is 11.9. The number of hydrogen-bond acceptors (Lipinski definition) is 4. The topological polar surface area (TPSA) is 51.8 Å². The van der Waals surface area contributed by atoms with Crippen LogP contribution in [0.3, 0.4) is 0 Å². The van der Waals surface area contributed by atoms with Crippen molar-refractivity contribution >= 4 is 54.3 Å². The Bertz CT molecular complexity index is 3220. The van der Waals surface area contributed by atoms with Gasteiger partial charge in [0.2, 0.25) is 0 Å². The number of fused-ring (bicyclic) bond motifs is 9. The third-order valence-electron chi connectivity index (χ3n) is 8.96. The highest BCUT2D eigenvalue weighted by molar-refractivity contribution is 6.26. The summed E-state index contributed by atoms with van der Waals surface area (Å²) in [6.07, 6.45) is 0. The van der Waals surface area contributed by atoms with E-state index in [1.165, 1.54) is 18.2 Å². The molecule has 0 aliphatic carbocycles. The van der Waals surface area contributed by atoms with Crippen LogP contribution in [0.25, 0.3) is 99.5 Å². The van der Waals surface area contributed by atoms with E-state index < -0.39 is 0 Å². The van der Waals surface area contributed by atoms with E-state index in [0.717, 1.165) is 16.5 Å². The Morgan fingerprint density at radius 1 is 0.408 bits per heavy atom. The summed E-state index contributed by atoms with van der Waals surface area (Å²) in [5.74, 6) is 1.55. The Balaban J connectivity index is 1.21. The van der Waals surface area contributed by atoms with Gasteiger partial charge >= 0.3 is 0 Å². The highest BCUT2D eigenvalue weighted by Crippen LogP contribution is 2.41. The molecule has 0 spiro atoms. The Morgan fingerprint density at radius 2 is 1.06 bits per heavy atom. The molecule has 0 aliphatic heterocycles. The lowest BCUT2D eigenvalue weighted by Gasteiger charge is -2.12. The Hall–Kier alpha value is -6.65. The number of rotatable bonds is 4. The standard InChI is InChI=1S/C45H27N3O/c1-3-12-28(13-4-1)43-46-44(29-14-5-2-6-15-29)48-45(47-43)31-23-25-38-41(27-31)49-40-21-11-20-32(42(38)40)30-22-24-37-35-18-8-7-16-33(35)34-17-9-10-19-36(34)39(37)26-30/h1-27H/i7D,8D,9D,17D,19D,22D,26D. The molecule has 0 N–H and O–H groups in total. The van der Waals surface area contributed by atoms with Gasteiger partial charge < -0.3 is 4.42 Å². The van der Waals surface area contributed by atoms with Crippen LogP contribution in [0, 0.1) is 0 Å². The second kappa shape index (κ2) is 11.0. The zero-order valence-corrected chi connectivity index (χ0v) is 25.8. The van der Waals surface area contributed by atoms with Crippen molar-refractivity contribution in [1.29, 1.82) is 0 Å². The Labute approximate surface area is 291 Å². The molecule has 0 saturated carbocycles. The molecule has 8 aromatic carbocycles. The number of nitrogens with zero attached hydrogens (tertiary/aromatic N) is 3. The molecule has 0 unspecified atom stereocenters. The van der Waals surface area contributed by atoms with Crippen molar-refractivity contribution in [2.24, 2.45) is 0 Å². The summed E-state index contributed by atoms with van der Waals surface area (Å²) in [6, 6.07) is 36.3. The number of benzene rings is 8. The quantitative estimate of drug-likeness (QED) is 0.181. The molecule has 49 heavy (non-hydrogen) atoms. The lowest BCUT2D eigenvalue weighted by molar-refractivity contribution is 0.669. The zero-order valence-electron chi connectivity index (χ0n) is 32.8. The van der Waals surface area contributed by atoms with Crippen molar-refractivity contribution in [1.82, 2.24) is 15.0 Å². The molecule has 0 bridgehead atoms. The fraction of sp³-hybridized carbons (Fsp3) is 0. The van der Waals surface area contributed by atoms with Crippen molar-refractivity contribution in [3.8, 4) is 45.3 Å². The van der Waals surface area contributed by atoms with E-state index in [1.54, 1.807) is 6.07 Å². The molecule has 0 aliphatic rings. The normalized spacial score (nSPS) is 13.7. The highest BCUT2D eigenvalue weighted by Gasteiger charge is 2.17. The van der Waals surface area contributed by atoms with Crippen LogP contribution in [0.2, 0.25) is 0 Å². The van der Waals surface area contributed by atoms with Gasteiger partial charge in [0.05, 0.1) is 9.60 Å². The van der Waals surface area contributed by atoms with Gasteiger partial charge in [0, 0.05) is 27.5 Å². The first kappa shape index (κ1) is 21.3. The van der Waals surface area contributed by atoms with Gasteiger partial charge in [-0.1, -0.05) is 139 Å². The maximum absolute atomic E-state index is 9.71. The Morgan fingerprint density at radius 3 is 1.80 bits per heavy atom. The fourth-order valence-corrected chi connectivity index (χ4v) is 6.67. The van der Waals surface area contributed by atoms with Gasteiger partial charge in [0.15, 0.2) is 17.5 Å². The van der Waals surface area contributed by atoms with E-state index >= 15 is 0 Å². The van der Waals surface area contributed by atoms with Crippen LogP contribution in [0.1, 0.15) is 9.60 Å². The molecule has 4 nitrogen and oxygen atoms in total. The second-order valence-electron chi connectivity index (χ2n) is 11.8. The van der Waals surface area contributed by atoms with Gasteiger partial charge in [0.1, 0.15) is 11.2 Å². The first-order valence-electron chi connectivity index (χ1n) is 19.4.